The lowest BCUT2D eigenvalue weighted by molar-refractivity contribution is 0.0697. The van der Waals surface area contributed by atoms with Crippen molar-refractivity contribution in [2.45, 2.75) is 6.61 Å². The van der Waals surface area contributed by atoms with Crippen LogP contribution in [0.25, 0.3) is 0 Å². The van der Waals surface area contributed by atoms with E-state index in [1.54, 1.807) is 37.6 Å². The Kier molecular flexibility index (Phi) is 6.71. The monoisotopic (exact) mass is 410 g/mol. The van der Waals surface area contributed by atoms with Crippen molar-refractivity contribution in [2.75, 3.05) is 12.5 Å². The highest BCUT2D eigenvalue weighted by Gasteiger charge is 2.06. The number of halogens is 1. The fourth-order valence-corrected chi connectivity index (χ4v) is 2.65. The van der Waals surface area contributed by atoms with Gasteiger partial charge in [-0.15, -0.1) is 0 Å². The maximum absolute atomic E-state index is 10.9. The van der Waals surface area contributed by atoms with Gasteiger partial charge in [-0.1, -0.05) is 23.7 Å². The molecule has 0 atom stereocenters. The molecule has 0 aliphatic carbocycles. The van der Waals surface area contributed by atoms with Crippen LogP contribution in [-0.4, -0.2) is 24.4 Å². The van der Waals surface area contributed by atoms with Gasteiger partial charge in [-0.2, -0.15) is 5.10 Å². The van der Waals surface area contributed by atoms with Crippen molar-refractivity contribution in [3.63, 3.8) is 0 Å². The first-order valence-electron chi connectivity index (χ1n) is 8.73. The summed E-state index contributed by atoms with van der Waals surface area (Å²) >= 11 is 5.88. The van der Waals surface area contributed by atoms with Gasteiger partial charge in [-0.25, -0.2) is 4.79 Å². The van der Waals surface area contributed by atoms with E-state index >= 15 is 0 Å². The molecule has 0 aliphatic rings. The molecule has 148 valence electrons. The minimum absolute atomic E-state index is 0.223. The summed E-state index contributed by atoms with van der Waals surface area (Å²) in [5.41, 5.74) is 5.51. The summed E-state index contributed by atoms with van der Waals surface area (Å²) in [5.74, 6) is 0.446. The summed E-state index contributed by atoms with van der Waals surface area (Å²) in [6, 6.07) is 19.2. The molecule has 0 heterocycles. The molecular weight excluding hydrogens is 392 g/mol. The Bertz CT molecular complexity index is 1000. The first-order valence-corrected chi connectivity index (χ1v) is 9.10. The fraction of sp³-hybridized carbons (Fsp3) is 0.0909. The number of nitrogens with one attached hydrogen (secondary N) is 1. The smallest absolute Gasteiger partial charge is 0.335 e. The normalized spacial score (nSPS) is 10.7. The number of carbonyl (C=O) groups is 1. The standard InChI is InChI=1S/C22H19ClN2O4/c1-28-21-12-15(13-24-25-19-8-4-16(5-9-19)22(26)27)2-3-17(21)14-29-20-10-6-18(23)7-11-20/h2-13,25H,14H2,1H3,(H,26,27)/b24-13+. The van der Waals surface area contributed by atoms with Gasteiger partial charge in [0, 0.05) is 10.6 Å². The number of carboxylic acids is 1. The average Bonchev–Trinajstić information content (AvgIpc) is 2.74. The molecule has 6 nitrogen and oxygen atoms in total. The molecule has 0 amide bonds. The SMILES string of the molecule is COc1cc(/C=N/Nc2ccc(C(=O)O)cc2)ccc1COc1ccc(Cl)cc1. The third kappa shape index (κ3) is 5.73. The zero-order valence-electron chi connectivity index (χ0n) is 15.6. The summed E-state index contributed by atoms with van der Waals surface area (Å²) < 4.78 is 11.2. The van der Waals surface area contributed by atoms with Crippen LogP contribution < -0.4 is 14.9 Å². The van der Waals surface area contributed by atoms with Crippen LogP contribution in [0.1, 0.15) is 21.5 Å². The highest BCUT2D eigenvalue weighted by atomic mass is 35.5. The van der Waals surface area contributed by atoms with Crippen LogP contribution in [0.4, 0.5) is 5.69 Å². The van der Waals surface area contributed by atoms with E-state index in [9.17, 15) is 4.79 Å². The second-order valence-corrected chi connectivity index (χ2v) is 6.50. The van der Waals surface area contributed by atoms with Crippen molar-refractivity contribution >= 4 is 29.5 Å². The molecule has 3 aromatic rings. The van der Waals surface area contributed by atoms with Crippen molar-refractivity contribution in [2.24, 2.45) is 5.10 Å². The highest BCUT2D eigenvalue weighted by Crippen LogP contribution is 2.23. The van der Waals surface area contributed by atoms with Gasteiger partial charge < -0.3 is 14.6 Å². The van der Waals surface area contributed by atoms with E-state index in [-0.39, 0.29) is 5.56 Å². The molecular formula is C22H19ClN2O4. The van der Waals surface area contributed by atoms with Gasteiger partial charge in [-0.3, -0.25) is 5.43 Å². The Balaban J connectivity index is 1.62. The zero-order chi connectivity index (χ0) is 20.6. The Morgan fingerprint density at radius 3 is 2.48 bits per heavy atom. The van der Waals surface area contributed by atoms with E-state index in [0.717, 1.165) is 16.9 Å². The van der Waals surface area contributed by atoms with E-state index in [1.807, 2.05) is 30.3 Å². The summed E-state index contributed by atoms with van der Waals surface area (Å²) in [7, 11) is 1.60. The number of aromatic carboxylic acids is 1. The maximum atomic E-state index is 10.9. The highest BCUT2D eigenvalue weighted by molar-refractivity contribution is 6.30. The topological polar surface area (TPSA) is 80.2 Å². The first kappa shape index (κ1) is 20.2. The molecule has 0 saturated heterocycles. The molecule has 3 aromatic carbocycles. The van der Waals surface area contributed by atoms with Crippen LogP contribution in [0.5, 0.6) is 11.5 Å². The molecule has 3 rings (SSSR count). The number of anilines is 1. The summed E-state index contributed by atoms with van der Waals surface area (Å²) in [6.07, 6.45) is 1.65. The van der Waals surface area contributed by atoms with Gasteiger partial charge in [0.15, 0.2) is 0 Å². The van der Waals surface area contributed by atoms with Crippen molar-refractivity contribution in [3.8, 4) is 11.5 Å². The first-order chi connectivity index (χ1) is 14.0. The largest absolute Gasteiger partial charge is 0.496 e. The minimum atomic E-state index is -0.965. The number of methoxy groups -OCH3 is 1. The number of hydrogen-bond acceptors (Lipinski definition) is 5. The van der Waals surface area contributed by atoms with Gasteiger partial charge >= 0.3 is 5.97 Å². The van der Waals surface area contributed by atoms with Crippen molar-refractivity contribution in [3.05, 3.63) is 88.4 Å². The quantitative estimate of drug-likeness (QED) is 0.400. The number of benzene rings is 3. The van der Waals surface area contributed by atoms with Crippen LogP contribution in [0.3, 0.4) is 0 Å². The van der Waals surface area contributed by atoms with Gasteiger partial charge in [0.2, 0.25) is 0 Å². The van der Waals surface area contributed by atoms with Crippen LogP contribution in [0, 0.1) is 0 Å². The van der Waals surface area contributed by atoms with Crippen LogP contribution >= 0.6 is 11.6 Å². The summed E-state index contributed by atoms with van der Waals surface area (Å²) in [5, 5.41) is 13.7. The maximum Gasteiger partial charge on any atom is 0.335 e. The van der Waals surface area contributed by atoms with Gasteiger partial charge in [0.1, 0.15) is 18.1 Å². The van der Waals surface area contributed by atoms with E-state index in [1.165, 1.54) is 12.1 Å². The molecule has 0 saturated carbocycles. The second kappa shape index (κ2) is 9.61. The summed E-state index contributed by atoms with van der Waals surface area (Å²) in [6.45, 7) is 0.358. The molecule has 29 heavy (non-hydrogen) atoms. The van der Waals surface area contributed by atoms with Gasteiger partial charge in [0.05, 0.1) is 24.6 Å². The van der Waals surface area contributed by atoms with Crippen LogP contribution in [-0.2, 0) is 6.61 Å². The lowest BCUT2D eigenvalue weighted by Gasteiger charge is -2.11. The molecule has 0 fully saturated rings. The van der Waals surface area contributed by atoms with Crippen LogP contribution in [0.2, 0.25) is 5.02 Å². The molecule has 2 N–H and O–H groups in total. The third-order valence-electron chi connectivity index (χ3n) is 4.06. The molecule has 0 radical (unpaired) electrons. The lowest BCUT2D eigenvalue weighted by Crippen LogP contribution is -2.00. The number of hydrazone groups is 1. The molecule has 0 aromatic heterocycles. The number of carboxylic acid groups (broad SMARTS) is 1. The second-order valence-electron chi connectivity index (χ2n) is 6.07. The molecule has 0 spiro atoms. The third-order valence-corrected chi connectivity index (χ3v) is 4.31. The predicted molar refractivity (Wildman–Crippen MR) is 113 cm³/mol. The Morgan fingerprint density at radius 2 is 1.83 bits per heavy atom. The molecule has 0 unspecified atom stereocenters. The molecule has 0 aliphatic heterocycles. The number of nitrogens with zero attached hydrogens (tertiary/aromatic N) is 1. The Labute approximate surface area is 173 Å². The van der Waals surface area contributed by atoms with E-state index in [2.05, 4.69) is 10.5 Å². The predicted octanol–water partition coefficient (Wildman–Crippen LogP) is 5.07. The average molecular weight is 411 g/mol. The van der Waals surface area contributed by atoms with Crippen molar-refractivity contribution in [1.29, 1.82) is 0 Å². The van der Waals surface area contributed by atoms with Crippen molar-refractivity contribution in [1.82, 2.24) is 0 Å². The zero-order valence-corrected chi connectivity index (χ0v) is 16.4. The lowest BCUT2D eigenvalue weighted by atomic mass is 10.1. The van der Waals surface area contributed by atoms with E-state index in [0.29, 0.717) is 23.1 Å². The number of ether oxygens (including phenoxy) is 2. The van der Waals surface area contributed by atoms with Gasteiger partial charge in [0.25, 0.3) is 0 Å². The Hall–Kier alpha value is -3.51. The molecule has 7 heteroatoms. The minimum Gasteiger partial charge on any atom is -0.496 e. The Morgan fingerprint density at radius 1 is 1.10 bits per heavy atom. The van der Waals surface area contributed by atoms with Crippen LogP contribution in [0.15, 0.2) is 71.8 Å². The molecule has 0 bridgehead atoms. The van der Waals surface area contributed by atoms with Gasteiger partial charge in [-0.05, 0) is 60.2 Å². The fourth-order valence-electron chi connectivity index (χ4n) is 2.52. The van der Waals surface area contributed by atoms with E-state index < -0.39 is 5.97 Å². The van der Waals surface area contributed by atoms with E-state index in [4.69, 9.17) is 26.2 Å². The number of hydrogen-bond donors (Lipinski definition) is 2. The summed E-state index contributed by atoms with van der Waals surface area (Å²) in [4.78, 5) is 10.9. The van der Waals surface area contributed by atoms with Crippen molar-refractivity contribution < 1.29 is 19.4 Å². The number of rotatable bonds is 8.